The fraction of sp³-hybridized carbons (Fsp3) is 0.316. The van der Waals surface area contributed by atoms with Crippen LogP contribution in [0.2, 0.25) is 0 Å². The van der Waals surface area contributed by atoms with Crippen LogP contribution in [0.5, 0.6) is 11.5 Å². The largest absolute Gasteiger partial charge is 0.486 e. The van der Waals surface area contributed by atoms with E-state index in [0.29, 0.717) is 24.7 Å². The molecule has 0 spiro atoms. The number of fused-ring (bicyclic) bond motifs is 1. The van der Waals surface area contributed by atoms with Crippen molar-refractivity contribution in [1.29, 1.82) is 0 Å². The van der Waals surface area contributed by atoms with Crippen LogP contribution in [0.1, 0.15) is 43.2 Å². The number of ether oxygens (including phenoxy) is 2. The van der Waals surface area contributed by atoms with E-state index in [2.05, 4.69) is 5.32 Å². The van der Waals surface area contributed by atoms with Crippen LogP contribution < -0.4 is 19.1 Å². The Morgan fingerprint density at radius 3 is 2.02 bits per heavy atom. The monoisotopic (exact) mass is 667 g/mol. The normalized spacial score (nSPS) is 15.2. The molecular formula is C38H41N3O6S. The molecule has 2 aliphatic rings. The van der Waals surface area contributed by atoms with E-state index in [0.717, 1.165) is 47.5 Å². The van der Waals surface area contributed by atoms with Crippen molar-refractivity contribution in [1.82, 2.24) is 10.2 Å². The van der Waals surface area contributed by atoms with Crippen LogP contribution in [-0.4, -0.2) is 57.0 Å². The number of rotatable bonds is 12. The van der Waals surface area contributed by atoms with Crippen molar-refractivity contribution in [3.05, 3.63) is 120 Å². The minimum Gasteiger partial charge on any atom is -0.486 e. The highest BCUT2D eigenvalue weighted by molar-refractivity contribution is 7.92. The highest BCUT2D eigenvalue weighted by Gasteiger charge is 2.35. The molecule has 1 heterocycles. The first-order valence-electron chi connectivity index (χ1n) is 16.5. The standard InChI is InChI=1S/C38H41N3O6S/c42-37(28-41(48(44,45)33-19-11-4-12-20-33)32-21-22-35-36(26-32)47-24-23-46-35)40(27-30-15-7-2-8-16-30)34(25-29-13-5-1-6-14-29)38(43)39-31-17-9-3-10-18-31/h1-2,4-8,11-16,19-22,26,31,34H,3,9-10,17-18,23-25,27-28H2,(H,39,43)/t34-/m0/s1. The third-order valence-electron chi connectivity index (χ3n) is 8.84. The Bertz CT molecular complexity index is 1780. The Balaban J connectivity index is 1.39. The fourth-order valence-corrected chi connectivity index (χ4v) is 7.74. The lowest BCUT2D eigenvalue weighted by molar-refractivity contribution is -0.140. The van der Waals surface area contributed by atoms with E-state index in [1.165, 1.54) is 17.0 Å². The Morgan fingerprint density at radius 2 is 1.35 bits per heavy atom. The van der Waals surface area contributed by atoms with Crippen LogP contribution in [0.15, 0.2) is 114 Å². The lowest BCUT2D eigenvalue weighted by atomic mass is 9.94. The van der Waals surface area contributed by atoms with E-state index in [9.17, 15) is 18.0 Å². The highest BCUT2D eigenvalue weighted by Crippen LogP contribution is 2.36. The van der Waals surface area contributed by atoms with Crippen LogP contribution in [0.4, 0.5) is 5.69 Å². The summed E-state index contributed by atoms with van der Waals surface area (Å²) in [5.41, 5.74) is 1.97. The zero-order chi connectivity index (χ0) is 33.3. The van der Waals surface area contributed by atoms with Gasteiger partial charge in [-0.3, -0.25) is 13.9 Å². The number of benzene rings is 4. The van der Waals surface area contributed by atoms with Crippen LogP contribution in [0.25, 0.3) is 0 Å². The van der Waals surface area contributed by atoms with Gasteiger partial charge in [-0.05, 0) is 48.2 Å². The topological polar surface area (TPSA) is 105 Å². The minimum absolute atomic E-state index is 0.0332. The van der Waals surface area contributed by atoms with E-state index < -0.39 is 28.5 Å². The number of anilines is 1. The molecular weight excluding hydrogens is 627 g/mol. The van der Waals surface area contributed by atoms with Crippen LogP contribution in [-0.2, 0) is 32.6 Å². The van der Waals surface area contributed by atoms with Crippen LogP contribution >= 0.6 is 0 Å². The Hall–Kier alpha value is -4.83. The SMILES string of the molecule is O=C(NC1CCCCC1)[C@H](Cc1ccccc1)N(Cc1ccccc1)C(=O)CN(c1ccc2c(c1)OCCO2)S(=O)(=O)c1ccccc1. The number of nitrogens with zero attached hydrogens (tertiary/aromatic N) is 2. The van der Waals surface area contributed by atoms with Crippen molar-refractivity contribution in [3.63, 3.8) is 0 Å². The molecule has 1 aliphatic carbocycles. The number of hydrogen-bond acceptors (Lipinski definition) is 6. The molecule has 0 bridgehead atoms. The molecule has 0 saturated heterocycles. The molecule has 1 atom stereocenters. The van der Waals surface area contributed by atoms with Crippen molar-refractivity contribution in [2.45, 2.75) is 62.0 Å². The van der Waals surface area contributed by atoms with Crippen molar-refractivity contribution in [3.8, 4) is 11.5 Å². The second-order valence-electron chi connectivity index (χ2n) is 12.2. The number of amides is 2. The molecule has 0 unspecified atom stereocenters. The quantitative estimate of drug-likeness (QED) is 0.207. The maximum absolute atomic E-state index is 14.7. The fourth-order valence-electron chi connectivity index (χ4n) is 6.31. The summed E-state index contributed by atoms with van der Waals surface area (Å²) in [6, 6.07) is 31.1. The van der Waals surface area contributed by atoms with Gasteiger partial charge in [0.25, 0.3) is 10.0 Å². The maximum atomic E-state index is 14.7. The third kappa shape index (κ3) is 7.99. The van der Waals surface area contributed by atoms with Crippen LogP contribution in [0.3, 0.4) is 0 Å². The van der Waals surface area contributed by atoms with Gasteiger partial charge in [-0.2, -0.15) is 0 Å². The van der Waals surface area contributed by atoms with E-state index in [1.807, 2.05) is 60.7 Å². The molecule has 1 aliphatic heterocycles. The Labute approximate surface area is 282 Å². The lowest BCUT2D eigenvalue weighted by Crippen LogP contribution is -2.55. The molecule has 1 saturated carbocycles. The summed E-state index contributed by atoms with van der Waals surface area (Å²) in [6.45, 7) is 0.293. The average molecular weight is 668 g/mol. The van der Waals surface area contributed by atoms with Gasteiger partial charge in [-0.15, -0.1) is 0 Å². The molecule has 4 aromatic rings. The van der Waals surface area contributed by atoms with E-state index in [1.54, 1.807) is 36.4 Å². The highest BCUT2D eigenvalue weighted by atomic mass is 32.2. The summed E-state index contributed by atoms with van der Waals surface area (Å²) in [7, 11) is -4.22. The van der Waals surface area contributed by atoms with Crippen molar-refractivity contribution < 1.29 is 27.5 Å². The molecule has 6 rings (SSSR count). The first-order chi connectivity index (χ1) is 23.4. The molecule has 0 aromatic heterocycles. The number of carbonyl (C=O) groups excluding carboxylic acids is 2. The molecule has 250 valence electrons. The van der Waals surface area contributed by atoms with E-state index in [4.69, 9.17) is 9.47 Å². The molecule has 48 heavy (non-hydrogen) atoms. The minimum atomic E-state index is -4.22. The van der Waals surface area contributed by atoms with Gasteiger partial charge in [0.2, 0.25) is 11.8 Å². The molecule has 9 nitrogen and oxygen atoms in total. The van der Waals surface area contributed by atoms with Crippen molar-refractivity contribution >= 4 is 27.5 Å². The third-order valence-corrected chi connectivity index (χ3v) is 10.6. The van der Waals surface area contributed by atoms with Gasteiger partial charge in [0, 0.05) is 25.1 Å². The average Bonchev–Trinajstić information content (AvgIpc) is 3.13. The van der Waals surface area contributed by atoms with Gasteiger partial charge in [0.05, 0.1) is 10.6 Å². The van der Waals surface area contributed by atoms with Gasteiger partial charge in [0.15, 0.2) is 11.5 Å². The second kappa shape index (κ2) is 15.4. The van der Waals surface area contributed by atoms with Gasteiger partial charge in [-0.25, -0.2) is 8.42 Å². The smallest absolute Gasteiger partial charge is 0.264 e. The Morgan fingerprint density at radius 1 is 0.750 bits per heavy atom. The Kier molecular flexibility index (Phi) is 10.6. The van der Waals surface area contributed by atoms with E-state index in [-0.39, 0.29) is 35.5 Å². The molecule has 1 fully saturated rings. The molecule has 4 aromatic carbocycles. The predicted octanol–water partition coefficient (Wildman–Crippen LogP) is 5.74. The van der Waals surface area contributed by atoms with E-state index >= 15 is 0 Å². The summed E-state index contributed by atoms with van der Waals surface area (Å²) in [5.74, 6) is 0.149. The zero-order valence-corrected chi connectivity index (χ0v) is 27.7. The molecule has 2 amide bonds. The lowest BCUT2D eigenvalue weighted by Gasteiger charge is -2.35. The first-order valence-corrected chi connectivity index (χ1v) is 18.0. The van der Waals surface area contributed by atoms with Gasteiger partial charge >= 0.3 is 0 Å². The number of hydrogen-bond donors (Lipinski definition) is 1. The number of carbonyl (C=O) groups is 2. The van der Waals surface area contributed by atoms with Gasteiger partial charge in [0.1, 0.15) is 25.8 Å². The van der Waals surface area contributed by atoms with Crippen molar-refractivity contribution in [2.24, 2.45) is 0 Å². The molecule has 10 heteroatoms. The summed E-state index contributed by atoms with van der Waals surface area (Å²) >= 11 is 0. The summed E-state index contributed by atoms with van der Waals surface area (Å²) in [5, 5.41) is 3.24. The number of sulfonamides is 1. The van der Waals surface area contributed by atoms with Gasteiger partial charge in [-0.1, -0.05) is 98.1 Å². The van der Waals surface area contributed by atoms with Crippen LogP contribution in [0, 0.1) is 0 Å². The maximum Gasteiger partial charge on any atom is 0.264 e. The summed E-state index contributed by atoms with van der Waals surface area (Å²) in [6.07, 6.45) is 5.29. The summed E-state index contributed by atoms with van der Waals surface area (Å²) in [4.78, 5) is 30.5. The molecule has 1 N–H and O–H groups in total. The first kappa shape index (κ1) is 33.1. The number of nitrogens with one attached hydrogen (secondary N) is 1. The van der Waals surface area contributed by atoms with Crippen molar-refractivity contribution in [2.75, 3.05) is 24.1 Å². The molecule has 0 radical (unpaired) electrons. The predicted molar refractivity (Wildman–Crippen MR) is 184 cm³/mol. The van der Waals surface area contributed by atoms with Gasteiger partial charge < -0.3 is 19.7 Å². The second-order valence-corrected chi connectivity index (χ2v) is 14.1. The zero-order valence-electron chi connectivity index (χ0n) is 26.9. The summed E-state index contributed by atoms with van der Waals surface area (Å²) < 4.78 is 41.1.